The number of methoxy groups -OCH3 is 1. The molecule has 0 spiro atoms. The predicted octanol–water partition coefficient (Wildman–Crippen LogP) is 1.94. The van der Waals surface area contributed by atoms with E-state index in [0.29, 0.717) is 5.56 Å². The molecule has 0 aromatic heterocycles. The Balaban J connectivity index is 1.97. The zero-order valence-corrected chi connectivity index (χ0v) is 16.0. The van der Waals surface area contributed by atoms with Crippen LogP contribution in [0, 0.1) is 18.8 Å². The average molecular weight is 378 g/mol. The summed E-state index contributed by atoms with van der Waals surface area (Å²) in [5, 5.41) is 3.37. The van der Waals surface area contributed by atoms with Gasteiger partial charge in [-0.1, -0.05) is 54.6 Å². The minimum Gasteiger partial charge on any atom is -0.467 e. The Kier molecular flexibility index (Phi) is 4.31. The first-order valence-corrected chi connectivity index (χ1v) is 9.22. The highest BCUT2D eigenvalue weighted by molar-refractivity contribution is 6.09. The lowest BCUT2D eigenvalue weighted by atomic mass is 9.75. The van der Waals surface area contributed by atoms with Crippen LogP contribution in [0.15, 0.2) is 54.6 Å². The molecule has 4 rings (SSSR count). The molecule has 0 unspecified atom stereocenters. The SMILES string of the molecule is COC(=O)[C@]1(c2ccccc2)N[C@H](c2ccccc2C)[C@@H]2C(=O)N(C)C(=O)[C@@H]21. The Morgan fingerprint density at radius 3 is 2.32 bits per heavy atom. The van der Waals surface area contributed by atoms with Gasteiger partial charge in [0.1, 0.15) is 0 Å². The predicted molar refractivity (Wildman–Crippen MR) is 102 cm³/mol. The number of benzene rings is 2. The van der Waals surface area contributed by atoms with Gasteiger partial charge in [-0.25, -0.2) is 4.79 Å². The number of fused-ring (bicyclic) bond motifs is 1. The lowest BCUT2D eigenvalue weighted by Crippen LogP contribution is -2.53. The van der Waals surface area contributed by atoms with Gasteiger partial charge in [0.05, 0.1) is 18.9 Å². The van der Waals surface area contributed by atoms with Crippen LogP contribution in [0.25, 0.3) is 0 Å². The standard InChI is InChI=1S/C22H22N2O4/c1-13-9-7-8-12-15(13)18-16-17(20(26)24(2)19(16)25)22(23-18,21(27)28-3)14-10-5-4-6-11-14/h4-12,16-18,23H,1-3H3/t16-,17-,18-,22-/m1/s1. The van der Waals surface area contributed by atoms with E-state index >= 15 is 0 Å². The largest absolute Gasteiger partial charge is 0.467 e. The van der Waals surface area contributed by atoms with Crippen molar-refractivity contribution in [3.05, 3.63) is 71.3 Å². The van der Waals surface area contributed by atoms with Crippen molar-refractivity contribution < 1.29 is 19.1 Å². The Labute approximate surface area is 163 Å². The molecule has 2 aromatic carbocycles. The number of carbonyl (C=O) groups is 3. The Morgan fingerprint density at radius 2 is 1.68 bits per heavy atom. The van der Waals surface area contributed by atoms with Crippen molar-refractivity contribution in [1.82, 2.24) is 10.2 Å². The van der Waals surface area contributed by atoms with E-state index in [0.717, 1.165) is 16.0 Å². The molecule has 0 saturated carbocycles. The number of nitrogens with zero attached hydrogens (tertiary/aromatic N) is 1. The fourth-order valence-corrected chi connectivity index (χ4v) is 4.69. The first-order valence-electron chi connectivity index (χ1n) is 9.22. The number of nitrogens with one attached hydrogen (secondary N) is 1. The van der Waals surface area contributed by atoms with Gasteiger partial charge in [-0.3, -0.25) is 19.8 Å². The van der Waals surface area contributed by atoms with E-state index in [1.807, 2.05) is 49.4 Å². The van der Waals surface area contributed by atoms with E-state index in [4.69, 9.17) is 4.74 Å². The van der Waals surface area contributed by atoms with E-state index in [1.165, 1.54) is 14.2 Å². The molecule has 6 nitrogen and oxygen atoms in total. The molecular formula is C22H22N2O4. The number of likely N-dealkylation sites (tertiary alicyclic amines) is 1. The summed E-state index contributed by atoms with van der Waals surface area (Å²) in [4.78, 5) is 40.4. The molecule has 2 saturated heterocycles. The van der Waals surface area contributed by atoms with Crippen molar-refractivity contribution in [2.45, 2.75) is 18.5 Å². The van der Waals surface area contributed by atoms with E-state index in [9.17, 15) is 14.4 Å². The van der Waals surface area contributed by atoms with Gasteiger partial charge in [-0.05, 0) is 23.6 Å². The number of aryl methyl sites for hydroxylation is 1. The highest BCUT2D eigenvalue weighted by Gasteiger charge is 2.69. The maximum absolute atomic E-state index is 13.1. The van der Waals surface area contributed by atoms with Crippen LogP contribution >= 0.6 is 0 Å². The van der Waals surface area contributed by atoms with Crippen molar-refractivity contribution in [1.29, 1.82) is 0 Å². The number of esters is 1. The number of rotatable bonds is 3. The first-order chi connectivity index (χ1) is 13.4. The molecule has 2 amide bonds. The second kappa shape index (κ2) is 6.56. The monoisotopic (exact) mass is 378 g/mol. The van der Waals surface area contributed by atoms with E-state index in [1.54, 1.807) is 12.1 Å². The molecule has 4 atom stereocenters. The molecule has 28 heavy (non-hydrogen) atoms. The molecule has 0 bridgehead atoms. The summed E-state index contributed by atoms with van der Waals surface area (Å²) in [6, 6.07) is 16.3. The zero-order valence-electron chi connectivity index (χ0n) is 16.0. The molecule has 2 fully saturated rings. The fourth-order valence-electron chi connectivity index (χ4n) is 4.69. The van der Waals surface area contributed by atoms with Gasteiger partial charge < -0.3 is 4.74 Å². The second-order valence-electron chi connectivity index (χ2n) is 7.38. The van der Waals surface area contributed by atoms with Crippen molar-refractivity contribution in [2.75, 3.05) is 14.2 Å². The molecule has 2 aromatic rings. The van der Waals surface area contributed by atoms with E-state index < -0.39 is 29.4 Å². The maximum Gasteiger partial charge on any atom is 0.331 e. The number of amides is 2. The van der Waals surface area contributed by atoms with Crippen molar-refractivity contribution in [3.8, 4) is 0 Å². The third-order valence-corrected chi connectivity index (χ3v) is 6.04. The minimum absolute atomic E-state index is 0.280. The van der Waals surface area contributed by atoms with Gasteiger partial charge >= 0.3 is 5.97 Å². The molecule has 144 valence electrons. The summed E-state index contributed by atoms with van der Waals surface area (Å²) < 4.78 is 5.15. The van der Waals surface area contributed by atoms with E-state index in [2.05, 4.69) is 5.32 Å². The molecular weight excluding hydrogens is 356 g/mol. The van der Waals surface area contributed by atoms with Crippen LogP contribution in [-0.2, 0) is 24.7 Å². The van der Waals surface area contributed by atoms with Gasteiger partial charge in [0.25, 0.3) is 0 Å². The van der Waals surface area contributed by atoms with Gasteiger partial charge in [0.2, 0.25) is 11.8 Å². The topological polar surface area (TPSA) is 75.7 Å². The Morgan fingerprint density at radius 1 is 1.04 bits per heavy atom. The number of imide groups is 1. The summed E-state index contributed by atoms with van der Waals surface area (Å²) in [7, 11) is 2.78. The van der Waals surface area contributed by atoms with Crippen molar-refractivity contribution in [3.63, 3.8) is 0 Å². The van der Waals surface area contributed by atoms with Gasteiger partial charge in [0.15, 0.2) is 5.54 Å². The number of ether oxygens (including phenoxy) is 1. The molecule has 1 N–H and O–H groups in total. The third-order valence-electron chi connectivity index (χ3n) is 6.04. The summed E-state index contributed by atoms with van der Waals surface area (Å²) in [6.07, 6.45) is 0. The number of hydrogen-bond donors (Lipinski definition) is 1. The van der Waals surface area contributed by atoms with Crippen LogP contribution < -0.4 is 5.32 Å². The normalized spacial score (nSPS) is 29.1. The van der Waals surface area contributed by atoms with Crippen molar-refractivity contribution in [2.24, 2.45) is 11.8 Å². The fraction of sp³-hybridized carbons (Fsp3) is 0.318. The molecule has 0 aliphatic carbocycles. The maximum atomic E-state index is 13.1. The van der Waals surface area contributed by atoms with Crippen LogP contribution in [0.5, 0.6) is 0 Å². The highest BCUT2D eigenvalue weighted by Crippen LogP contribution is 2.53. The van der Waals surface area contributed by atoms with Crippen LogP contribution in [0.1, 0.15) is 22.7 Å². The molecule has 0 radical (unpaired) electrons. The summed E-state index contributed by atoms with van der Waals surface area (Å²) >= 11 is 0. The summed E-state index contributed by atoms with van der Waals surface area (Å²) in [5.41, 5.74) is 1.08. The number of carbonyl (C=O) groups excluding carboxylic acids is 3. The summed E-state index contributed by atoms with van der Waals surface area (Å²) in [6.45, 7) is 1.96. The zero-order chi connectivity index (χ0) is 20.1. The van der Waals surface area contributed by atoms with Crippen LogP contribution in [0.4, 0.5) is 0 Å². The lowest BCUT2D eigenvalue weighted by molar-refractivity contribution is -0.154. The Bertz CT molecular complexity index is 958. The van der Waals surface area contributed by atoms with Crippen LogP contribution in [0.2, 0.25) is 0 Å². The quantitative estimate of drug-likeness (QED) is 0.653. The van der Waals surface area contributed by atoms with Crippen LogP contribution in [-0.4, -0.2) is 36.8 Å². The molecule has 2 aliphatic heterocycles. The van der Waals surface area contributed by atoms with Gasteiger partial charge in [0, 0.05) is 13.1 Å². The molecule has 6 heteroatoms. The van der Waals surface area contributed by atoms with Gasteiger partial charge in [-0.15, -0.1) is 0 Å². The number of hydrogen-bond acceptors (Lipinski definition) is 5. The lowest BCUT2D eigenvalue weighted by Gasteiger charge is -2.32. The highest BCUT2D eigenvalue weighted by atomic mass is 16.5. The van der Waals surface area contributed by atoms with Crippen molar-refractivity contribution >= 4 is 17.8 Å². The second-order valence-corrected chi connectivity index (χ2v) is 7.38. The first kappa shape index (κ1) is 18.4. The smallest absolute Gasteiger partial charge is 0.331 e. The summed E-state index contributed by atoms with van der Waals surface area (Å²) in [5.74, 6) is -2.77. The Hall–Kier alpha value is -2.99. The molecule has 2 aliphatic rings. The van der Waals surface area contributed by atoms with Crippen LogP contribution in [0.3, 0.4) is 0 Å². The van der Waals surface area contributed by atoms with E-state index in [-0.39, 0.29) is 11.8 Å². The minimum atomic E-state index is -1.43. The third kappa shape index (κ3) is 2.34. The average Bonchev–Trinajstić information content (AvgIpc) is 3.19. The van der Waals surface area contributed by atoms with Gasteiger partial charge in [-0.2, -0.15) is 0 Å². The molecule has 2 heterocycles.